The average Bonchev–Trinajstić information content (AvgIpc) is 3.41. The highest BCUT2D eigenvalue weighted by Gasteiger charge is 2.25. The molecule has 0 radical (unpaired) electrons. The zero-order valence-electron chi connectivity index (χ0n) is 21.7. The SMILES string of the molecule is CCc1cccc2sc(N(Cc3ccccn3)C(=O)c3ccc(S(=O)(=O)N(C)Cc4ccccc4)cc3)nc12. The summed E-state index contributed by atoms with van der Waals surface area (Å²) >= 11 is 1.45. The summed E-state index contributed by atoms with van der Waals surface area (Å²) in [6.45, 7) is 2.57. The first-order valence-electron chi connectivity index (χ1n) is 12.6. The second-order valence-electron chi connectivity index (χ2n) is 9.10. The molecule has 0 bridgehead atoms. The molecule has 3 aromatic carbocycles. The summed E-state index contributed by atoms with van der Waals surface area (Å²) in [5.41, 5.74) is 3.99. The van der Waals surface area contributed by atoms with Gasteiger partial charge in [-0.1, -0.05) is 66.8 Å². The molecule has 5 aromatic rings. The van der Waals surface area contributed by atoms with Crippen LogP contribution in [0, 0.1) is 0 Å². The fourth-order valence-electron chi connectivity index (χ4n) is 4.31. The monoisotopic (exact) mass is 556 g/mol. The third kappa shape index (κ3) is 5.75. The number of nitrogens with zero attached hydrogens (tertiary/aromatic N) is 4. The van der Waals surface area contributed by atoms with E-state index in [1.807, 2.05) is 66.7 Å². The minimum Gasteiger partial charge on any atom is -0.278 e. The first-order valence-corrected chi connectivity index (χ1v) is 14.8. The van der Waals surface area contributed by atoms with Gasteiger partial charge in [-0.15, -0.1) is 0 Å². The molecule has 0 atom stereocenters. The number of carbonyl (C=O) groups is 1. The summed E-state index contributed by atoms with van der Waals surface area (Å²) in [5.74, 6) is -0.278. The number of carbonyl (C=O) groups excluding carboxylic acids is 1. The van der Waals surface area contributed by atoms with E-state index < -0.39 is 10.0 Å². The second kappa shape index (κ2) is 11.4. The van der Waals surface area contributed by atoms with Gasteiger partial charge in [0.1, 0.15) is 0 Å². The molecule has 0 N–H and O–H groups in total. The molecule has 0 saturated heterocycles. The summed E-state index contributed by atoms with van der Waals surface area (Å²) < 4.78 is 28.7. The van der Waals surface area contributed by atoms with Gasteiger partial charge in [0.15, 0.2) is 5.13 Å². The normalized spacial score (nSPS) is 11.7. The van der Waals surface area contributed by atoms with Crippen molar-refractivity contribution in [2.75, 3.05) is 11.9 Å². The lowest BCUT2D eigenvalue weighted by Crippen LogP contribution is -2.31. The van der Waals surface area contributed by atoms with Gasteiger partial charge >= 0.3 is 0 Å². The van der Waals surface area contributed by atoms with Gasteiger partial charge in [-0.3, -0.25) is 14.7 Å². The minimum absolute atomic E-state index is 0.126. The van der Waals surface area contributed by atoms with Crippen LogP contribution in [-0.2, 0) is 29.5 Å². The van der Waals surface area contributed by atoms with Crippen molar-refractivity contribution in [2.24, 2.45) is 0 Å². The number of aromatic nitrogens is 2. The first-order chi connectivity index (χ1) is 18.9. The average molecular weight is 557 g/mol. The Bertz CT molecular complexity index is 1690. The molecule has 7 nitrogen and oxygen atoms in total. The van der Waals surface area contributed by atoms with Crippen LogP contribution in [0.5, 0.6) is 0 Å². The minimum atomic E-state index is -3.74. The summed E-state index contributed by atoms with van der Waals surface area (Å²) in [4.78, 5) is 24.8. The fourth-order valence-corrected chi connectivity index (χ4v) is 6.48. The molecule has 0 unspecified atom stereocenters. The number of anilines is 1. The predicted octanol–water partition coefficient (Wildman–Crippen LogP) is 5.92. The molecule has 1 amide bonds. The van der Waals surface area contributed by atoms with Crippen molar-refractivity contribution < 1.29 is 13.2 Å². The van der Waals surface area contributed by atoms with E-state index in [0.29, 0.717) is 10.7 Å². The molecule has 0 spiro atoms. The number of pyridine rings is 1. The Hall–Kier alpha value is -3.92. The van der Waals surface area contributed by atoms with Crippen molar-refractivity contribution in [3.63, 3.8) is 0 Å². The summed E-state index contributed by atoms with van der Waals surface area (Å²) in [5, 5.41) is 0.570. The van der Waals surface area contributed by atoms with Crippen molar-refractivity contribution in [2.45, 2.75) is 31.3 Å². The third-order valence-electron chi connectivity index (χ3n) is 6.45. The number of sulfonamides is 1. The highest BCUT2D eigenvalue weighted by atomic mass is 32.2. The molecular weight excluding hydrogens is 528 g/mol. The van der Waals surface area contributed by atoms with Gasteiger partial charge in [-0.05, 0) is 60.0 Å². The molecule has 0 fully saturated rings. The molecule has 0 aliphatic heterocycles. The fraction of sp³-hybridized carbons (Fsp3) is 0.167. The van der Waals surface area contributed by atoms with Gasteiger partial charge in [-0.2, -0.15) is 4.31 Å². The van der Waals surface area contributed by atoms with Crippen molar-refractivity contribution in [3.05, 3.63) is 120 Å². The van der Waals surface area contributed by atoms with Crippen LogP contribution in [0.3, 0.4) is 0 Å². The van der Waals surface area contributed by atoms with Crippen molar-refractivity contribution >= 4 is 42.6 Å². The molecule has 198 valence electrons. The van der Waals surface area contributed by atoms with Crippen LogP contribution in [-0.4, -0.2) is 35.6 Å². The van der Waals surface area contributed by atoms with E-state index in [-0.39, 0.29) is 23.9 Å². The maximum Gasteiger partial charge on any atom is 0.260 e. The van der Waals surface area contributed by atoms with Gasteiger partial charge < -0.3 is 0 Å². The van der Waals surface area contributed by atoms with Gasteiger partial charge in [0.05, 0.1) is 27.4 Å². The Morgan fingerprint density at radius 3 is 2.31 bits per heavy atom. The van der Waals surface area contributed by atoms with E-state index in [4.69, 9.17) is 4.98 Å². The number of amides is 1. The highest BCUT2D eigenvalue weighted by Crippen LogP contribution is 2.33. The van der Waals surface area contributed by atoms with E-state index in [1.54, 1.807) is 30.3 Å². The van der Waals surface area contributed by atoms with Gasteiger partial charge in [0, 0.05) is 25.4 Å². The molecule has 0 aliphatic carbocycles. The van der Waals surface area contributed by atoms with E-state index >= 15 is 0 Å². The van der Waals surface area contributed by atoms with Crippen molar-refractivity contribution in [1.29, 1.82) is 0 Å². The molecule has 2 aromatic heterocycles. The van der Waals surface area contributed by atoms with Crippen LogP contribution in [0.4, 0.5) is 5.13 Å². The van der Waals surface area contributed by atoms with Crippen molar-refractivity contribution in [1.82, 2.24) is 14.3 Å². The molecule has 5 rings (SSSR count). The number of hydrogen-bond acceptors (Lipinski definition) is 6. The second-order valence-corrected chi connectivity index (χ2v) is 12.2. The Balaban J connectivity index is 1.44. The zero-order valence-corrected chi connectivity index (χ0v) is 23.3. The molecule has 2 heterocycles. The van der Waals surface area contributed by atoms with E-state index in [9.17, 15) is 13.2 Å². The van der Waals surface area contributed by atoms with Gasteiger partial charge in [0.25, 0.3) is 5.91 Å². The summed E-state index contributed by atoms with van der Waals surface area (Å²) in [7, 11) is -2.19. The number of benzene rings is 3. The molecule has 0 aliphatic rings. The van der Waals surface area contributed by atoms with Crippen LogP contribution in [0.2, 0.25) is 0 Å². The highest BCUT2D eigenvalue weighted by molar-refractivity contribution is 7.89. The Kier molecular flexibility index (Phi) is 7.83. The number of rotatable bonds is 9. The van der Waals surface area contributed by atoms with E-state index in [1.165, 1.54) is 27.8 Å². The van der Waals surface area contributed by atoms with E-state index in [0.717, 1.165) is 33.5 Å². The third-order valence-corrected chi connectivity index (χ3v) is 9.31. The largest absolute Gasteiger partial charge is 0.278 e. The number of fused-ring (bicyclic) bond motifs is 1. The maximum absolute atomic E-state index is 13.8. The summed E-state index contributed by atoms with van der Waals surface area (Å²) in [6.07, 6.45) is 2.53. The van der Waals surface area contributed by atoms with Crippen molar-refractivity contribution in [3.8, 4) is 0 Å². The van der Waals surface area contributed by atoms with Crippen LogP contribution in [0.1, 0.15) is 34.1 Å². The lowest BCUT2D eigenvalue weighted by atomic mass is 10.1. The summed E-state index contributed by atoms with van der Waals surface area (Å²) in [6, 6.07) is 27.1. The Morgan fingerprint density at radius 2 is 1.62 bits per heavy atom. The van der Waals surface area contributed by atoms with E-state index in [2.05, 4.69) is 11.9 Å². The molecular formula is C30H28N4O3S2. The number of thiazole rings is 1. The lowest BCUT2D eigenvalue weighted by molar-refractivity contribution is 0.0984. The quantitative estimate of drug-likeness (QED) is 0.225. The smallest absolute Gasteiger partial charge is 0.260 e. The van der Waals surface area contributed by atoms with Crippen LogP contribution in [0.15, 0.2) is 102 Å². The van der Waals surface area contributed by atoms with Crippen LogP contribution < -0.4 is 4.90 Å². The predicted molar refractivity (Wildman–Crippen MR) is 155 cm³/mol. The Labute approximate surface area is 232 Å². The topological polar surface area (TPSA) is 83.5 Å². The zero-order chi connectivity index (χ0) is 27.4. The van der Waals surface area contributed by atoms with Gasteiger partial charge in [0.2, 0.25) is 10.0 Å². The molecule has 0 saturated carbocycles. The van der Waals surface area contributed by atoms with Crippen LogP contribution >= 0.6 is 11.3 Å². The lowest BCUT2D eigenvalue weighted by Gasteiger charge is -2.20. The Morgan fingerprint density at radius 1 is 0.872 bits per heavy atom. The number of hydrogen-bond donors (Lipinski definition) is 0. The standard InChI is InChI=1S/C30H28N4O3S2/c1-3-23-12-9-14-27-28(23)32-30(38-27)34(21-25-13-7-8-19-31-25)29(35)24-15-17-26(18-16-24)39(36,37)33(2)20-22-10-5-4-6-11-22/h4-19H,3,20-21H2,1-2H3. The maximum atomic E-state index is 13.8. The first kappa shape index (κ1) is 26.7. The molecule has 9 heteroatoms. The number of aryl methyl sites for hydroxylation is 1. The number of para-hydroxylation sites is 1. The van der Waals surface area contributed by atoms with Gasteiger partial charge in [-0.25, -0.2) is 13.4 Å². The van der Waals surface area contributed by atoms with Crippen LogP contribution in [0.25, 0.3) is 10.2 Å². The molecule has 39 heavy (non-hydrogen) atoms.